The van der Waals surface area contributed by atoms with Crippen LogP contribution in [0.2, 0.25) is 0 Å². The molecule has 1 N–H and O–H groups in total. The number of imidazole rings is 1. The number of ether oxygens (including phenoxy) is 1. The van der Waals surface area contributed by atoms with Gasteiger partial charge in [0.2, 0.25) is 0 Å². The van der Waals surface area contributed by atoms with Gasteiger partial charge in [0.15, 0.2) is 0 Å². The van der Waals surface area contributed by atoms with Crippen LogP contribution in [0.3, 0.4) is 0 Å². The number of halogens is 4. The zero-order chi connectivity index (χ0) is 18.2. The number of rotatable bonds is 5. The summed E-state index contributed by atoms with van der Waals surface area (Å²) in [6.07, 6.45) is -6.79. The van der Waals surface area contributed by atoms with E-state index in [0.717, 1.165) is 17.7 Å². The first-order valence-electron chi connectivity index (χ1n) is 7.21. The molecule has 9 heteroatoms. The van der Waals surface area contributed by atoms with Crippen LogP contribution in [0, 0.1) is 6.92 Å². The first-order chi connectivity index (χ1) is 11.8. The van der Waals surface area contributed by atoms with Crippen LogP contribution < -0.4 is 4.74 Å². The molecule has 132 valence electrons. The number of benzene rings is 1. The zero-order valence-electron chi connectivity index (χ0n) is 12.9. The van der Waals surface area contributed by atoms with E-state index in [-0.39, 0.29) is 0 Å². The minimum atomic E-state index is -4.56. The number of hydrogen-bond acceptors (Lipinski definition) is 4. The summed E-state index contributed by atoms with van der Waals surface area (Å²) < 4.78 is 54.5. The van der Waals surface area contributed by atoms with E-state index < -0.39 is 23.5 Å². The van der Waals surface area contributed by atoms with Crippen molar-refractivity contribution in [1.82, 2.24) is 15.0 Å². The molecule has 3 rings (SSSR count). The maximum Gasteiger partial charge on any atom is 0.461 e. The minimum absolute atomic E-state index is 0.295. The van der Waals surface area contributed by atoms with E-state index in [4.69, 9.17) is 0 Å². The highest BCUT2D eigenvalue weighted by molar-refractivity contribution is 7.80. The highest BCUT2D eigenvalue weighted by Crippen LogP contribution is 2.31. The number of aryl methyl sites for hydroxylation is 1. The van der Waals surface area contributed by atoms with Gasteiger partial charge in [0.1, 0.15) is 16.8 Å². The Hall–Kier alpha value is -2.29. The molecule has 2 heterocycles. The van der Waals surface area contributed by atoms with Gasteiger partial charge in [0, 0.05) is 12.3 Å². The van der Waals surface area contributed by atoms with Crippen LogP contribution in [0.25, 0.3) is 11.0 Å². The predicted octanol–water partition coefficient (Wildman–Crippen LogP) is 4.52. The highest BCUT2D eigenvalue weighted by atomic mass is 32.1. The number of H-pyrrole nitrogens is 1. The molecule has 0 saturated heterocycles. The van der Waals surface area contributed by atoms with Gasteiger partial charge in [-0.05, 0) is 30.7 Å². The monoisotopic (exact) mass is 371 g/mol. The van der Waals surface area contributed by atoms with Crippen LogP contribution in [0.5, 0.6) is 5.75 Å². The van der Waals surface area contributed by atoms with Crippen molar-refractivity contribution in [3.8, 4) is 5.75 Å². The lowest BCUT2D eigenvalue weighted by Gasteiger charge is -2.16. The van der Waals surface area contributed by atoms with Gasteiger partial charge in [0.05, 0.1) is 16.7 Å². The molecule has 0 aliphatic heterocycles. The van der Waals surface area contributed by atoms with Crippen LogP contribution in [-0.2, 0) is 0 Å². The molecule has 3 aromatic rings. The Bertz CT molecular complexity index is 883. The minimum Gasteiger partial charge on any atom is -0.428 e. The molecule has 0 radical (unpaired) electrons. The molecular weight excluding hydrogens is 358 g/mol. The van der Waals surface area contributed by atoms with Crippen LogP contribution in [-0.4, -0.2) is 27.5 Å². The fourth-order valence-electron chi connectivity index (χ4n) is 2.18. The Morgan fingerprint density at radius 3 is 2.60 bits per heavy atom. The Morgan fingerprint density at radius 1 is 1.20 bits per heavy atom. The van der Waals surface area contributed by atoms with Gasteiger partial charge in [-0.15, -0.1) is 0 Å². The van der Waals surface area contributed by atoms with Gasteiger partial charge in [-0.1, -0.05) is 6.07 Å². The van der Waals surface area contributed by atoms with Crippen molar-refractivity contribution >= 4 is 23.7 Å². The predicted molar refractivity (Wildman–Crippen MR) is 87.5 cm³/mol. The number of nitrogens with one attached hydrogen (secondary N) is 1. The standard InChI is InChI=1S/C16H13F4N3OS/c1-8-2-4-11(21-7-8)13(25)14-22-10-5-3-9(6-12(10)23-14)24-16(19,20)15(17)18/h2-7,13,15,25H,1H3,(H,22,23). The summed E-state index contributed by atoms with van der Waals surface area (Å²) in [5.41, 5.74) is 2.49. The van der Waals surface area contributed by atoms with Gasteiger partial charge >= 0.3 is 12.5 Å². The van der Waals surface area contributed by atoms with Crippen molar-refractivity contribution in [2.45, 2.75) is 24.7 Å². The van der Waals surface area contributed by atoms with Gasteiger partial charge in [0.25, 0.3) is 0 Å². The molecule has 0 spiro atoms. The molecule has 4 nitrogen and oxygen atoms in total. The number of alkyl halides is 4. The van der Waals surface area contributed by atoms with Crippen molar-refractivity contribution < 1.29 is 22.3 Å². The normalized spacial score (nSPS) is 13.4. The van der Waals surface area contributed by atoms with Crippen molar-refractivity contribution in [2.75, 3.05) is 0 Å². The third-order valence-electron chi connectivity index (χ3n) is 3.45. The fourth-order valence-corrected chi connectivity index (χ4v) is 2.46. The summed E-state index contributed by atoms with van der Waals surface area (Å²) in [5.74, 6) is 0.0486. The van der Waals surface area contributed by atoms with E-state index in [9.17, 15) is 17.6 Å². The Morgan fingerprint density at radius 2 is 1.96 bits per heavy atom. The average molecular weight is 371 g/mol. The molecule has 0 bridgehead atoms. The summed E-state index contributed by atoms with van der Waals surface area (Å²) in [5, 5.41) is -0.458. The van der Waals surface area contributed by atoms with Crippen molar-refractivity contribution in [1.29, 1.82) is 0 Å². The quantitative estimate of drug-likeness (QED) is 0.512. The molecule has 1 aromatic carbocycles. The van der Waals surface area contributed by atoms with E-state index in [1.165, 1.54) is 6.07 Å². The number of hydrogen-bond donors (Lipinski definition) is 2. The van der Waals surface area contributed by atoms with Crippen LogP contribution in [0.4, 0.5) is 17.6 Å². The van der Waals surface area contributed by atoms with Gasteiger partial charge in [-0.3, -0.25) is 4.98 Å². The van der Waals surface area contributed by atoms with Crippen LogP contribution >= 0.6 is 12.6 Å². The van der Waals surface area contributed by atoms with Gasteiger partial charge in [-0.2, -0.15) is 30.2 Å². The van der Waals surface area contributed by atoms with E-state index >= 15 is 0 Å². The molecule has 1 atom stereocenters. The summed E-state index contributed by atoms with van der Waals surface area (Å²) in [4.78, 5) is 11.5. The van der Waals surface area contributed by atoms with Crippen molar-refractivity contribution in [3.63, 3.8) is 0 Å². The summed E-state index contributed by atoms with van der Waals surface area (Å²) in [6.45, 7) is 1.90. The molecule has 1 unspecified atom stereocenters. The third kappa shape index (κ3) is 3.71. The summed E-state index contributed by atoms with van der Waals surface area (Å²) in [6, 6.07) is 7.43. The van der Waals surface area contributed by atoms with E-state index in [0.29, 0.717) is 22.6 Å². The number of fused-ring (bicyclic) bond motifs is 1. The second-order valence-corrected chi connectivity index (χ2v) is 5.94. The molecule has 2 aromatic heterocycles. The van der Waals surface area contributed by atoms with Crippen LogP contribution in [0.1, 0.15) is 22.3 Å². The van der Waals surface area contributed by atoms with Crippen LogP contribution in [0.15, 0.2) is 36.5 Å². The Balaban J connectivity index is 1.88. The maximum atomic E-state index is 13.0. The zero-order valence-corrected chi connectivity index (χ0v) is 13.8. The van der Waals surface area contributed by atoms with E-state index in [1.54, 1.807) is 12.3 Å². The van der Waals surface area contributed by atoms with Gasteiger partial charge < -0.3 is 9.72 Å². The number of aromatic nitrogens is 3. The lowest BCUT2D eigenvalue weighted by Crippen LogP contribution is -2.33. The smallest absolute Gasteiger partial charge is 0.428 e. The van der Waals surface area contributed by atoms with Crippen molar-refractivity contribution in [2.24, 2.45) is 0 Å². The Kier molecular flexibility index (Phi) is 4.59. The second kappa shape index (κ2) is 6.55. The van der Waals surface area contributed by atoms with Crippen molar-refractivity contribution in [3.05, 3.63) is 53.6 Å². The Labute approximate surface area is 145 Å². The lowest BCUT2D eigenvalue weighted by atomic mass is 10.2. The largest absolute Gasteiger partial charge is 0.461 e. The van der Waals surface area contributed by atoms with E-state index in [2.05, 4.69) is 32.3 Å². The molecule has 0 fully saturated rings. The second-order valence-electron chi connectivity index (χ2n) is 5.43. The molecule has 0 saturated carbocycles. The number of aromatic amines is 1. The van der Waals surface area contributed by atoms with Gasteiger partial charge in [-0.25, -0.2) is 4.98 Å². The first-order valence-corrected chi connectivity index (χ1v) is 7.73. The summed E-state index contributed by atoms with van der Waals surface area (Å²) in [7, 11) is 0. The molecule has 25 heavy (non-hydrogen) atoms. The fraction of sp³-hybridized carbons (Fsp3) is 0.250. The molecule has 0 amide bonds. The number of thiol groups is 1. The average Bonchev–Trinajstić information content (AvgIpc) is 2.97. The molecule has 0 aliphatic carbocycles. The molecule has 0 aliphatic rings. The van der Waals surface area contributed by atoms with E-state index in [1.807, 2.05) is 13.0 Å². The molecular formula is C16H13F4N3OS. The maximum absolute atomic E-state index is 13.0. The first kappa shape index (κ1) is 17.5. The number of nitrogens with zero attached hydrogens (tertiary/aromatic N) is 2. The SMILES string of the molecule is Cc1ccc(C(S)c2nc3cc(OC(F)(F)C(F)F)ccc3[nH]2)nc1. The topological polar surface area (TPSA) is 50.8 Å². The summed E-state index contributed by atoms with van der Waals surface area (Å²) >= 11 is 4.47. The highest BCUT2D eigenvalue weighted by Gasteiger charge is 2.44. The third-order valence-corrected chi connectivity index (χ3v) is 3.96. The number of pyridine rings is 1. The lowest BCUT2D eigenvalue weighted by molar-refractivity contribution is -0.253.